The molecule has 0 saturated carbocycles. The average Bonchev–Trinajstić information content (AvgIpc) is 2.35. The molecule has 0 aliphatic rings. The van der Waals surface area contributed by atoms with Crippen LogP contribution in [0, 0.1) is 0 Å². The smallest absolute Gasteiger partial charge is 0.0755 e. The van der Waals surface area contributed by atoms with Gasteiger partial charge in [0.25, 0.3) is 0 Å². The second-order valence-corrected chi connectivity index (χ2v) is 4.56. The van der Waals surface area contributed by atoms with E-state index in [2.05, 4.69) is 31.2 Å². The predicted molar refractivity (Wildman–Crippen MR) is 72.6 cm³/mol. The molecule has 0 aliphatic heterocycles. The summed E-state index contributed by atoms with van der Waals surface area (Å²) in [5.74, 6) is 0. The minimum atomic E-state index is 0.0807. The maximum absolute atomic E-state index is 5.87. The molecule has 5 heteroatoms. The van der Waals surface area contributed by atoms with Crippen LogP contribution in [-0.4, -0.2) is 9.97 Å². The zero-order valence-electron chi connectivity index (χ0n) is 9.39. The Hall–Kier alpha value is -1.62. The highest BCUT2D eigenvalue weighted by molar-refractivity contribution is 9.10. The monoisotopic (exact) mass is 292 g/mol. The first-order chi connectivity index (χ1) is 8.18. The molecule has 4 nitrogen and oxygen atoms in total. The molecular formula is C12H13BrN4. The van der Waals surface area contributed by atoms with Gasteiger partial charge in [-0.05, 0) is 35.0 Å². The molecule has 88 valence electrons. The molecule has 17 heavy (non-hydrogen) atoms. The molecule has 0 spiro atoms. The van der Waals surface area contributed by atoms with E-state index in [0.717, 1.165) is 15.9 Å². The number of anilines is 2. The second kappa shape index (κ2) is 5.14. The van der Waals surface area contributed by atoms with Crippen LogP contribution in [0.3, 0.4) is 0 Å². The van der Waals surface area contributed by atoms with Gasteiger partial charge in [-0.2, -0.15) is 0 Å². The number of nitrogen functional groups attached to an aromatic ring is 1. The van der Waals surface area contributed by atoms with Gasteiger partial charge in [0.2, 0.25) is 0 Å². The van der Waals surface area contributed by atoms with Gasteiger partial charge in [0.15, 0.2) is 0 Å². The molecular weight excluding hydrogens is 280 g/mol. The van der Waals surface area contributed by atoms with E-state index in [1.54, 1.807) is 18.6 Å². The van der Waals surface area contributed by atoms with Crippen LogP contribution in [-0.2, 0) is 0 Å². The third kappa shape index (κ3) is 2.74. The Morgan fingerprint density at radius 3 is 2.82 bits per heavy atom. The summed E-state index contributed by atoms with van der Waals surface area (Å²) < 4.78 is 0.847. The van der Waals surface area contributed by atoms with Gasteiger partial charge in [0, 0.05) is 12.4 Å². The van der Waals surface area contributed by atoms with Gasteiger partial charge in [-0.1, -0.05) is 6.07 Å². The number of hydrogen-bond donors (Lipinski definition) is 2. The van der Waals surface area contributed by atoms with Crippen molar-refractivity contribution in [3.05, 3.63) is 47.0 Å². The molecule has 1 atom stereocenters. The van der Waals surface area contributed by atoms with Crippen molar-refractivity contribution in [1.29, 1.82) is 0 Å². The fourth-order valence-corrected chi connectivity index (χ4v) is 1.99. The van der Waals surface area contributed by atoms with Gasteiger partial charge in [-0.25, -0.2) is 0 Å². The van der Waals surface area contributed by atoms with Gasteiger partial charge < -0.3 is 11.1 Å². The van der Waals surface area contributed by atoms with Crippen molar-refractivity contribution in [2.75, 3.05) is 11.1 Å². The van der Waals surface area contributed by atoms with E-state index in [1.807, 2.05) is 25.1 Å². The molecule has 0 amide bonds. The van der Waals surface area contributed by atoms with E-state index in [4.69, 9.17) is 5.73 Å². The normalized spacial score (nSPS) is 12.1. The number of halogens is 1. The quantitative estimate of drug-likeness (QED) is 0.913. The summed E-state index contributed by atoms with van der Waals surface area (Å²) in [5.41, 5.74) is 8.30. The van der Waals surface area contributed by atoms with Crippen LogP contribution >= 0.6 is 15.9 Å². The number of rotatable bonds is 3. The molecule has 3 N–H and O–H groups in total. The zero-order chi connectivity index (χ0) is 12.3. The van der Waals surface area contributed by atoms with Gasteiger partial charge in [-0.3, -0.25) is 9.97 Å². The standard InChI is InChI=1S/C12H13BrN4/c1-8(11-4-2-3-5-16-11)17-12-9(13)6-15-7-10(12)14/h2-8H,14H2,1H3,(H,15,17). The lowest BCUT2D eigenvalue weighted by Crippen LogP contribution is -2.10. The van der Waals surface area contributed by atoms with Crippen LogP contribution < -0.4 is 11.1 Å². The van der Waals surface area contributed by atoms with Crippen molar-refractivity contribution in [1.82, 2.24) is 9.97 Å². The summed E-state index contributed by atoms with van der Waals surface area (Å²) in [4.78, 5) is 8.30. The minimum absolute atomic E-state index is 0.0807. The fourth-order valence-electron chi connectivity index (χ4n) is 1.52. The Labute approximate surface area is 108 Å². The average molecular weight is 293 g/mol. The molecule has 0 aromatic carbocycles. The zero-order valence-corrected chi connectivity index (χ0v) is 11.0. The molecule has 1 unspecified atom stereocenters. The molecule has 2 heterocycles. The summed E-state index contributed by atoms with van der Waals surface area (Å²) in [6.45, 7) is 2.04. The van der Waals surface area contributed by atoms with E-state index < -0.39 is 0 Å². The van der Waals surface area contributed by atoms with Gasteiger partial charge in [0.1, 0.15) is 0 Å². The molecule has 2 aromatic heterocycles. The maximum atomic E-state index is 5.87. The van der Waals surface area contributed by atoms with Crippen molar-refractivity contribution in [2.45, 2.75) is 13.0 Å². The fraction of sp³-hybridized carbons (Fsp3) is 0.167. The highest BCUT2D eigenvalue weighted by atomic mass is 79.9. The first kappa shape index (κ1) is 11.9. The van der Waals surface area contributed by atoms with Crippen LogP contribution in [0.25, 0.3) is 0 Å². The SMILES string of the molecule is CC(Nc1c(N)cncc1Br)c1ccccn1. The van der Waals surface area contributed by atoms with E-state index in [9.17, 15) is 0 Å². The van der Waals surface area contributed by atoms with E-state index in [1.165, 1.54) is 0 Å². The van der Waals surface area contributed by atoms with Crippen LogP contribution in [0.1, 0.15) is 18.7 Å². The molecule has 2 aromatic rings. The number of aromatic nitrogens is 2. The van der Waals surface area contributed by atoms with Crippen LogP contribution in [0.2, 0.25) is 0 Å². The molecule has 0 bridgehead atoms. The van der Waals surface area contributed by atoms with Crippen molar-refractivity contribution in [3.8, 4) is 0 Å². The first-order valence-electron chi connectivity index (χ1n) is 5.25. The van der Waals surface area contributed by atoms with E-state index in [0.29, 0.717) is 5.69 Å². The largest absolute Gasteiger partial charge is 0.396 e. The van der Waals surface area contributed by atoms with Crippen molar-refractivity contribution in [3.63, 3.8) is 0 Å². The molecule has 0 radical (unpaired) electrons. The Morgan fingerprint density at radius 2 is 2.18 bits per heavy atom. The van der Waals surface area contributed by atoms with Gasteiger partial charge in [-0.15, -0.1) is 0 Å². The Balaban J connectivity index is 2.22. The highest BCUT2D eigenvalue weighted by Crippen LogP contribution is 2.30. The number of nitrogens with two attached hydrogens (primary N) is 1. The van der Waals surface area contributed by atoms with Crippen molar-refractivity contribution in [2.24, 2.45) is 0 Å². The second-order valence-electron chi connectivity index (χ2n) is 3.71. The molecule has 0 fully saturated rings. The molecule has 2 rings (SSSR count). The summed E-state index contributed by atoms with van der Waals surface area (Å²) >= 11 is 3.42. The van der Waals surface area contributed by atoms with Crippen LogP contribution in [0.15, 0.2) is 41.3 Å². The summed E-state index contributed by atoms with van der Waals surface area (Å²) in [6.07, 6.45) is 5.11. The molecule has 0 saturated heterocycles. The Morgan fingerprint density at radius 1 is 1.35 bits per heavy atom. The summed E-state index contributed by atoms with van der Waals surface area (Å²) in [5, 5.41) is 3.32. The lowest BCUT2D eigenvalue weighted by molar-refractivity contribution is 0.838. The predicted octanol–water partition coefficient (Wildman–Crippen LogP) is 2.99. The lowest BCUT2D eigenvalue weighted by atomic mass is 10.2. The Bertz CT molecular complexity index is 481. The third-order valence-corrected chi connectivity index (χ3v) is 3.02. The number of pyridine rings is 2. The van der Waals surface area contributed by atoms with Gasteiger partial charge in [0.05, 0.1) is 33.8 Å². The topological polar surface area (TPSA) is 63.8 Å². The number of nitrogens with one attached hydrogen (secondary N) is 1. The highest BCUT2D eigenvalue weighted by Gasteiger charge is 2.10. The Kier molecular flexibility index (Phi) is 3.58. The van der Waals surface area contributed by atoms with Crippen molar-refractivity contribution < 1.29 is 0 Å². The van der Waals surface area contributed by atoms with E-state index >= 15 is 0 Å². The van der Waals surface area contributed by atoms with E-state index in [-0.39, 0.29) is 6.04 Å². The van der Waals surface area contributed by atoms with Gasteiger partial charge >= 0.3 is 0 Å². The maximum Gasteiger partial charge on any atom is 0.0755 e. The van der Waals surface area contributed by atoms with Crippen molar-refractivity contribution >= 4 is 27.3 Å². The summed E-state index contributed by atoms with van der Waals surface area (Å²) in [7, 11) is 0. The first-order valence-corrected chi connectivity index (χ1v) is 6.04. The summed E-state index contributed by atoms with van der Waals surface area (Å²) in [6, 6.07) is 5.92. The third-order valence-electron chi connectivity index (χ3n) is 2.42. The van der Waals surface area contributed by atoms with Crippen LogP contribution in [0.5, 0.6) is 0 Å². The molecule has 0 aliphatic carbocycles. The van der Waals surface area contributed by atoms with Crippen LogP contribution in [0.4, 0.5) is 11.4 Å². The number of nitrogens with zero attached hydrogens (tertiary/aromatic N) is 2. The number of hydrogen-bond acceptors (Lipinski definition) is 4. The lowest BCUT2D eigenvalue weighted by Gasteiger charge is -2.17. The minimum Gasteiger partial charge on any atom is -0.396 e.